The van der Waals surface area contributed by atoms with E-state index in [-0.39, 0.29) is 18.8 Å². The number of alkyl carbamates (subject to hydrolysis) is 1. The summed E-state index contributed by atoms with van der Waals surface area (Å²) in [4.78, 5) is 36.3. The van der Waals surface area contributed by atoms with E-state index in [9.17, 15) is 14.4 Å². The van der Waals surface area contributed by atoms with E-state index < -0.39 is 12.1 Å². The molecule has 0 bridgehead atoms. The van der Waals surface area contributed by atoms with Crippen LogP contribution in [0.25, 0.3) is 11.0 Å². The van der Waals surface area contributed by atoms with Gasteiger partial charge in [0.1, 0.15) is 24.5 Å². The molecular weight excluding hydrogens is 386 g/mol. The third-order valence-corrected chi connectivity index (χ3v) is 4.99. The Hall–Kier alpha value is -3.61. The molecule has 4 rings (SSSR count). The van der Waals surface area contributed by atoms with E-state index in [2.05, 4.69) is 5.32 Å². The predicted octanol–water partition coefficient (Wildman–Crippen LogP) is 3.42. The number of nitrogens with one attached hydrogen (secondary N) is 1. The number of carbonyl (C=O) groups is 2. The van der Waals surface area contributed by atoms with Gasteiger partial charge in [-0.15, -0.1) is 0 Å². The van der Waals surface area contributed by atoms with Gasteiger partial charge in [-0.2, -0.15) is 0 Å². The van der Waals surface area contributed by atoms with Gasteiger partial charge in [0.2, 0.25) is 0 Å². The first kappa shape index (κ1) is 19.7. The van der Waals surface area contributed by atoms with Crippen LogP contribution in [0.4, 0.5) is 4.79 Å². The Balaban J connectivity index is 1.44. The maximum atomic E-state index is 12.3. The summed E-state index contributed by atoms with van der Waals surface area (Å²) in [6.07, 6.45) is 1.53. The molecule has 30 heavy (non-hydrogen) atoms. The van der Waals surface area contributed by atoms with Crippen molar-refractivity contribution in [2.24, 2.45) is 0 Å². The molecule has 1 aliphatic carbocycles. The molecule has 0 fully saturated rings. The molecule has 2 aromatic carbocycles. The van der Waals surface area contributed by atoms with Gasteiger partial charge < -0.3 is 19.2 Å². The van der Waals surface area contributed by atoms with E-state index in [1.165, 1.54) is 0 Å². The number of esters is 1. The molecule has 7 heteroatoms. The average molecular weight is 407 g/mol. The standard InChI is InChI=1S/C23H21NO6/c1-14-10-18(21-16-8-5-9-17(16)22(26)30-19(21)11-14)29-20(25)12-24-23(27)28-13-15-6-3-2-4-7-15/h2-4,6-7,10-11H,5,8-9,12-13H2,1H3,(H,24,27). The second-order valence-electron chi connectivity index (χ2n) is 7.23. The Morgan fingerprint density at radius 3 is 2.67 bits per heavy atom. The van der Waals surface area contributed by atoms with Gasteiger partial charge in [-0.3, -0.25) is 0 Å². The van der Waals surface area contributed by atoms with Crippen molar-refractivity contribution in [1.82, 2.24) is 5.32 Å². The van der Waals surface area contributed by atoms with Gasteiger partial charge in [-0.25, -0.2) is 14.4 Å². The monoisotopic (exact) mass is 407 g/mol. The third kappa shape index (κ3) is 4.20. The summed E-state index contributed by atoms with van der Waals surface area (Å²) in [7, 11) is 0. The van der Waals surface area contributed by atoms with E-state index in [4.69, 9.17) is 13.9 Å². The Labute approximate surface area is 172 Å². The first-order chi connectivity index (χ1) is 14.5. The molecule has 0 saturated carbocycles. The molecular formula is C23H21NO6. The molecule has 3 aromatic rings. The van der Waals surface area contributed by atoms with Crippen molar-refractivity contribution < 1.29 is 23.5 Å². The SMILES string of the molecule is Cc1cc(OC(=O)CNC(=O)OCc2ccccc2)c2c3c(c(=O)oc2c1)CCC3. The molecule has 0 aliphatic heterocycles. The Morgan fingerprint density at radius 2 is 1.87 bits per heavy atom. The third-order valence-electron chi connectivity index (χ3n) is 4.99. The van der Waals surface area contributed by atoms with Crippen LogP contribution in [0.1, 0.15) is 28.7 Å². The quantitative estimate of drug-likeness (QED) is 0.396. The maximum Gasteiger partial charge on any atom is 0.407 e. The number of benzene rings is 2. The minimum Gasteiger partial charge on any atom is -0.445 e. The Kier molecular flexibility index (Phi) is 5.52. The van der Waals surface area contributed by atoms with Crippen LogP contribution in [0.5, 0.6) is 5.75 Å². The highest BCUT2D eigenvalue weighted by Gasteiger charge is 2.23. The van der Waals surface area contributed by atoms with E-state index in [0.29, 0.717) is 28.7 Å². The fourth-order valence-corrected chi connectivity index (χ4v) is 3.66. The van der Waals surface area contributed by atoms with Crippen LogP contribution in [0.15, 0.2) is 51.7 Å². The van der Waals surface area contributed by atoms with Crippen molar-refractivity contribution >= 4 is 23.0 Å². The molecule has 0 atom stereocenters. The van der Waals surface area contributed by atoms with E-state index in [1.54, 1.807) is 12.1 Å². The fraction of sp³-hybridized carbons (Fsp3) is 0.261. The second kappa shape index (κ2) is 8.41. The van der Waals surface area contributed by atoms with Crippen LogP contribution in [0.3, 0.4) is 0 Å². The van der Waals surface area contributed by atoms with Crippen molar-refractivity contribution in [1.29, 1.82) is 0 Å². The molecule has 1 heterocycles. The molecule has 154 valence electrons. The largest absolute Gasteiger partial charge is 0.445 e. The molecule has 0 radical (unpaired) electrons. The number of aryl methyl sites for hydroxylation is 2. The zero-order valence-electron chi connectivity index (χ0n) is 16.5. The molecule has 1 aromatic heterocycles. The molecule has 1 aliphatic rings. The van der Waals surface area contributed by atoms with Crippen molar-refractivity contribution in [3.63, 3.8) is 0 Å². The zero-order valence-corrected chi connectivity index (χ0v) is 16.5. The number of ether oxygens (including phenoxy) is 2. The first-order valence-electron chi connectivity index (χ1n) is 9.75. The highest BCUT2D eigenvalue weighted by atomic mass is 16.6. The minimum absolute atomic E-state index is 0.107. The van der Waals surface area contributed by atoms with Crippen LogP contribution < -0.4 is 15.7 Å². The minimum atomic E-state index is -0.711. The summed E-state index contributed by atoms with van der Waals surface area (Å²) in [6, 6.07) is 12.7. The Morgan fingerprint density at radius 1 is 1.10 bits per heavy atom. The summed E-state index contributed by atoms with van der Waals surface area (Å²) in [5.41, 5.74) is 3.23. The highest BCUT2D eigenvalue weighted by Crippen LogP contribution is 2.35. The van der Waals surface area contributed by atoms with Gasteiger partial charge in [0.15, 0.2) is 0 Å². The molecule has 1 N–H and O–H groups in total. The molecule has 0 unspecified atom stereocenters. The van der Waals surface area contributed by atoms with Crippen LogP contribution in [0, 0.1) is 6.92 Å². The van der Waals surface area contributed by atoms with Crippen LogP contribution in [0.2, 0.25) is 0 Å². The molecule has 7 nitrogen and oxygen atoms in total. The van der Waals surface area contributed by atoms with Gasteiger partial charge in [0.25, 0.3) is 0 Å². The predicted molar refractivity (Wildman–Crippen MR) is 110 cm³/mol. The number of amides is 1. The van der Waals surface area contributed by atoms with E-state index in [1.807, 2.05) is 37.3 Å². The number of carbonyl (C=O) groups excluding carboxylic acids is 2. The number of hydrogen-bond acceptors (Lipinski definition) is 6. The fourth-order valence-electron chi connectivity index (χ4n) is 3.66. The average Bonchev–Trinajstić information content (AvgIpc) is 3.21. The molecule has 0 saturated heterocycles. The summed E-state index contributed by atoms with van der Waals surface area (Å²) in [5, 5.41) is 3.03. The lowest BCUT2D eigenvalue weighted by Gasteiger charge is -2.12. The molecule has 0 spiro atoms. The Bertz CT molecular complexity index is 1170. The van der Waals surface area contributed by atoms with Gasteiger partial charge >= 0.3 is 17.7 Å². The lowest BCUT2D eigenvalue weighted by molar-refractivity contribution is -0.133. The van der Waals surface area contributed by atoms with Gasteiger partial charge in [0, 0.05) is 5.56 Å². The van der Waals surface area contributed by atoms with Gasteiger partial charge in [-0.1, -0.05) is 30.3 Å². The van der Waals surface area contributed by atoms with Crippen molar-refractivity contribution in [3.05, 3.63) is 75.1 Å². The summed E-state index contributed by atoms with van der Waals surface area (Å²) in [5.74, 6) is -0.312. The summed E-state index contributed by atoms with van der Waals surface area (Å²) >= 11 is 0. The number of fused-ring (bicyclic) bond motifs is 3. The van der Waals surface area contributed by atoms with E-state index in [0.717, 1.165) is 29.5 Å². The van der Waals surface area contributed by atoms with Crippen molar-refractivity contribution in [3.8, 4) is 5.75 Å². The van der Waals surface area contributed by atoms with Crippen LogP contribution in [-0.2, 0) is 29.0 Å². The van der Waals surface area contributed by atoms with Crippen LogP contribution >= 0.6 is 0 Å². The first-order valence-corrected chi connectivity index (χ1v) is 9.75. The highest BCUT2D eigenvalue weighted by molar-refractivity contribution is 5.91. The number of hydrogen-bond donors (Lipinski definition) is 1. The normalized spacial score (nSPS) is 12.4. The summed E-state index contributed by atoms with van der Waals surface area (Å²) in [6.45, 7) is 1.58. The van der Waals surface area contributed by atoms with Crippen molar-refractivity contribution in [2.45, 2.75) is 32.8 Å². The van der Waals surface area contributed by atoms with Gasteiger partial charge in [0.05, 0.1) is 5.39 Å². The van der Waals surface area contributed by atoms with Crippen molar-refractivity contribution in [2.75, 3.05) is 6.54 Å². The topological polar surface area (TPSA) is 94.8 Å². The maximum absolute atomic E-state index is 12.3. The number of rotatable bonds is 5. The molecule has 1 amide bonds. The lowest BCUT2D eigenvalue weighted by atomic mass is 10.0. The van der Waals surface area contributed by atoms with Crippen LogP contribution in [-0.4, -0.2) is 18.6 Å². The smallest absolute Gasteiger partial charge is 0.407 e. The van der Waals surface area contributed by atoms with Gasteiger partial charge in [-0.05, 0) is 55.0 Å². The second-order valence-corrected chi connectivity index (χ2v) is 7.23. The summed E-state index contributed by atoms with van der Waals surface area (Å²) < 4.78 is 16.0. The lowest BCUT2D eigenvalue weighted by Crippen LogP contribution is -2.32. The van der Waals surface area contributed by atoms with E-state index >= 15 is 0 Å². The zero-order chi connectivity index (χ0) is 21.1.